The molecule has 4 nitrogen and oxygen atoms in total. The van der Waals surface area contributed by atoms with Gasteiger partial charge in [0.1, 0.15) is 0 Å². The van der Waals surface area contributed by atoms with E-state index in [0.29, 0.717) is 0 Å². The fraction of sp³-hybridized carbons (Fsp3) is 0.300. The zero-order chi connectivity index (χ0) is 12.1. The van der Waals surface area contributed by atoms with E-state index in [-0.39, 0.29) is 12.2 Å². The Labute approximate surface area is 90.5 Å². The Hall–Kier alpha value is -1.69. The van der Waals surface area contributed by atoms with Crippen molar-refractivity contribution in [3.63, 3.8) is 0 Å². The first-order valence-corrected chi connectivity index (χ1v) is 4.58. The number of aliphatic hydroxyl groups excluding tert-OH is 1. The molecule has 16 heavy (non-hydrogen) atoms. The maximum atomic E-state index is 13.1. The van der Waals surface area contributed by atoms with Crippen molar-refractivity contribution in [2.45, 2.75) is 12.5 Å². The van der Waals surface area contributed by atoms with Gasteiger partial charge in [-0.3, -0.25) is 4.79 Å². The third-order valence-electron chi connectivity index (χ3n) is 1.89. The lowest BCUT2D eigenvalue weighted by atomic mass is 10.2. The van der Waals surface area contributed by atoms with Crippen LogP contribution in [-0.2, 0) is 4.79 Å². The number of carbonyl (C=O) groups is 1. The van der Waals surface area contributed by atoms with Crippen molar-refractivity contribution in [1.29, 1.82) is 0 Å². The van der Waals surface area contributed by atoms with Crippen molar-refractivity contribution in [3.05, 3.63) is 29.8 Å². The molecular weight excluding hydrogens is 220 g/mol. The predicted molar refractivity (Wildman–Crippen MR) is 53.1 cm³/mol. The number of hydrogen-bond acceptors (Lipinski definition) is 3. The van der Waals surface area contributed by atoms with Crippen LogP contribution in [-0.4, -0.2) is 28.8 Å². The third-order valence-corrected chi connectivity index (χ3v) is 1.89. The van der Waals surface area contributed by atoms with Gasteiger partial charge in [0, 0.05) is 6.54 Å². The average molecular weight is 231 g/mol. The maximum Gasteiger partial charge on any atom is 0.306 e. The molecule has 0 aliphatic carbocycles. The van der Waals surface area contributed by atoms with E-state index in [1.54, 1.807) is 0 Å². The molecule has 1 aromatic rings. The van der Waals surface area contributed by atoms with Crippen molar-refractivity contribution < 1.29 is 23.8 Å². The lowest BCUT2D eigenvalue weighted by Crippen LogP contribution is -2.23. The molecule has 0 amide bonds. The number of carboxylic acid groups (broad SMARTS) is 1. The second kappa shape index (κ2) is 5.41. The van der Waals surface area contributed by atoms with Gasteiger partial charge >= 0.3 is 5.97 Å². The molecule has 0 heterocycles. The molecule has 3 N–H and O–H groups in total. The summed E-state index contributed by atoms with van der Waals surface area (Å²) in [6, 6.07) is 3.57. The highest BCUT2D eigenvalue weighted by atomic mass is 19.2. The molecule has 0 fully saturated rings. The van der Waals surface area contributed by atoms with Gasteiger partial charge < -0.3 is 15.5 Å². The normalized spacial score (nSPS) is 12.2. The summed E-state index contributed by atoms with van der Waals surface area (Å²) in [6.07, 6.45) is -1.61. The maximum absolute atomic E-state index is 13.1. The number of aliphatic hydroxyl groups is 1. The van der Waals surface area contributed by atoms with E-state index in [4.69, 9.17) is 5.11 Å². The first-order valence-electron chi connectivity index (χ1n) is 4.58. The van der Waals surface area contributed by atoms with Crippen LogP contribution in [0.3, 0.4) is 0 Å². The molecule has 1 unspecified atom stereocenters. The summed E-state index contributed by atoms with van der Waals surface area (Å²) in [6.45, 7) is -0.160. The Morgan fingerprint density at radius 2 is 2.12 bits per heavy atom. The summed E-state index contributed by atoms with van der Waals surface area (Å²) in [5.41, 5.74) is -0.107. The Balaban J connectivity index is 2.54. The molecule has 0 aliphatic heterocycles. The van der Waals surface area contributed by atoms with Gasteiger partial charge in [0.2, 0.25) is 0 Å². The number of anilines is 1. The first kappa shape index (κ1) is 12.4. The van der Waals surface area contributed by atoms with Crippen LogP contribution in [0.15, 0.2) is 18.2 Å². The van der Waals surface area contributed by atoms with Gasteiger partial charge in [0.25, 0.3) is 0 Å². The lowest BCUT2D eigenvalue weighted by Gasteiger charge is -2.11. The molecule has 1 rings (SSSR count). The molecule has 6 heteroatoms. The van der Waals surface area contributed by atoms with Crippen LogP contribution in [0.1, 0.15) is 6.42 Å². The SMILES string of the molecule is O=C(O)CC(O)CNc1cccc(F)c1F. The fourth-order valence-corrected chi connectivity index (χ4v) is 1.14. The topological polar surface area (TPSA) is 69.6 Å². The van der Waals surface area contributed by atoms with Crippen LogP contribution < -0.4 is 5.32 Å². The van der Waals surface area contributed by atoms with Gasteiger partial charge in [-0.15, -0.1) is 0 Å². The molecular formula is C10H11F2NO3. The number of carboxylic acids is 1. The number of nitrogens with one attached hydrogen (secondary N) is 1. The van der Waals surface area contributed by atoms with Crippen LogP contribution in [0, 0.1) is 11.6 Å². The van der Waals surface area contributed by atoms with Crippen molar-refractivity contribution in [3.8, 4) is 0 Å². The van der Waals surface area contributed by atoms with Crippen LogP contribution >= 0.6 is 0 Å². The number of aliphatic carboxylic acids is 1. The minimum atomic E-state index is -1.16. The van der Waals surface area contributed by atoms with E-state index in [0.717, 1.165) is 6.07 Å². The van der Waals surface area contributed by atoms with Gasteiger partial charge in [-0.25, -0.2) is 8.78 Å². The zero-order valence-corrected chi connectivity index (χ0v) is 8.28. The average Bonchev–Trinajstić information content (AvgIpc) is 2.19. The van der Waals surface area contributed by atoms with Gasteiger partial charge in [0.15, 0.2) is 11.6 Å². The van der Waals surface area contributed by atoms with Crippen LogP contribution in [0.5, 0.6) is 0 Å². The van der Waals surface area contributed by atoms with Gasteiger partial charge in [-0.2, -0.15) is 0 Å². The first-order chi connectivity index (χ1) is 7.50. The number of hydrogen-bond donors (Lipinski definition) is 3. The Morgan fingerprint density at radius 3 is 2.75 bits per heavy atom. The Bertz CT molecular complexity index is 384. The van der Waals surface area contributed by atoms with Crippen molar-refractivity contribution >= 4 is 11.7 Å². The van der Waals surface area contributed by atoms with Crippen LogP contribution in [0.2, 0.25) is 0 Å². The van der Waals surface area contributed by atoms with E-state index in [9.17, 15) is 18.7 Å². The molecule has 0 spiro atoms. The van der Waals surface area contributed by atoms with E-state index >= 15 is 0 Å². The van der Waals surface area contributed by atoms with Crippen molar-refractivity contribution in [2.75, 3.05) is 11.9 Å². The Morgan fingerprint density at radius 1 is 1.44 bits per heavy atom. The van der Waals surface area contributed by atoms with E-state index < -0.39 is 30.1 Å². The Kier molecular flexibility index (Phi) is 4.19. The summed E-state index contributed by atoms with van der Waals surface area (Å²) in [5, 5.41) is 20.0. The smallest absolute Gasteiger partial charge is 0.306 e. The van der Waals surface area contributed by atoms with Crippen LogP contribution in [0.4, 0.5) is 14.5 Å². The summed E-state index contributed by atoms with van der Waals surface area (Å²) in [4.78, 5) is 10.2. The third kappa shape index (κ3) is 3.47. The lowest BCUT2D eigenvalue weighted by molar-refractivity contribution is -0.138. The van der Waals surface area contributed by atoms with E-state index in [2.05, 4.69) is 5.32 Å². The molecule has 1 atom stereocenters. The zero-order valence-electron chi connectivity index (χ0n) is 8.28. The highest BCUT2D eigenvalue weighted by Gasteiger charge is 2.11. The minimum absolute atomic E-state index is 0.107. The largest absolute Gasteiger partial charge is 0.481 e. The molecule has 0 bridgehead atoms. The molecule has 1 aromatic carbocycles. The van der Waals surface area contributed by atoms with Crippen molar-refractivity contribution in [2.24, 2.45) is 0 Å². The summed E-state index contributed by atoms with van der Waals surface area (Å²) >= 11 is 0. The summed E-state index contributed by atoms with van der Waals surface area (Å²) in [7, 11) is 0. The molecule has 0 aliphatic rings. The second-order valence-corrected chi connectivity index (χ2v) is 3.23. The number of halogens is 2. The standard InChI is InChI=1S/C10H11F2NO3/c11-7-2-1-3-8(10(7)12)13-5-6(14)4-9(15)16/h1-3,6,13-14H,4-5H2,(H,15,16). The molecule has 0 saturated carbocycles. The molecule has 0 saturated heterocycles. The molecule has 0 aromatic heterocycles. The summed E-state index contributed by atoms with van der Waals surface area (Å²) < 4.78 is 25.8. The minimum Gasteiger partial charge on any atom is -0.481 e. The second-order valence-electron chi connectivity index (χ2n) is 3.23. The fourth-order valence-electron chi connectivity index (χ4n) is 1.14. The number of benzene rings is 1. The highest BCUT2D eigenvalue weighted by molar-refractivity contribution is 5.67. The van der Waals surface area contributed by atoms with E-state index in [1.807, 2.05) is 0 Å². The van der Waals surface area contributed by atoms with Crippen LogP contribution in [0.25, 0.3) is 0 Å². The number of rotatable bonds is 5. The molecule has 0 radical (unpaired) electrons. The molecule has 88 valence electrons. The quantitative estimate of drug-likeness (QED) is 0.712. The summed E-state index contributed by atoms with van der Waals surface area (Å²) in [5.74, 6) is -3.21. The highest BCUT2D eigenvalue weighted by Crippen LogP contribution is 2.16. The van der Waals surface area contributed by atoms with Gasteiger partial charge in [0.05, 0.1) is 18.2 Å². The predicted octanol–water partition coefficient (Wildman–Crippen LogP) is 1.21. The van der Waals surface area contributed by atoms with Gasteiger partial charge in [-0.1, -0.05) is 6.07 Å². The monoisotopic (exact) mass is 231 g/mol. The van der Waals surface area contributed by atoms with Crippen molar-refractivity contribution in [1.82, 2.24) is 0 Å². The van der Waals surface area contributed by atoms with Gasteiger partial charge in [-0.05, 0) is 12.1 Å². The van der Waals surface area contributed by atoms with E-state index in [1.165, 1.54) is 12.1 Å².